The normalized spacial score (nSPS) is 27.4. The van der Waals surface area contributed by atoms with E-state index in [0.29, 0.717) is 11.8 Å². The third-order valence-electron chi connectivity index (χ3n) is 4.91. The van der Waals surface area contributed by atoms with Crippen molar-refractivity contribution >= 4 is 11.7 Å². The number of nitrogens with one attached hydrogen (secondary N) is 2. The Morgan fingerprint density at radius 3 is 2.65 bits per heavy atom. The molecule has 3 rings (SSSR count). The summed E-state index contributed by atoms with van der Waals surface area (Å²) in [7, 11) is 0. The zero-order valence-corrected chi connectivity index (χ0v) is 12.4. The maximum absolute atomic E-state index is 12.5. The monoisotopic (exact) mass is 273 g/mol. The van der Waals surface area contributed by atoms with E-state index in [1.165, 1.54) is 5.56 Å². The summed E-state index contributed by atoms with van der Waals surface area (Å²) in [5, 5.41) is 6.46. The van der Waals surface area contributed by atoms with Crippen LogP contribution in [0.5, 0.6) is 0 Å². The van der Waals surface area contributed by atoms with Crippen LogP contribution in [-0.2, 0) is 0 Å². The van der Waals surface area contributed by atoms with Crippen LogP contribution in [0.15, 0.2) is 24.3 Å². The molecule has 4 nitrogen and oxygen atoms in total. The van der Waals surface area contributed by atoms with E-state index in [0.717, 1.165) is 25.3 Å². The van der Waals surface area contributed by atoms with Gasteiger partial charge < -0.3 is 15.5 Å². The van der Waals surface area contributed by atoms with Crippen molar-refractivity contribution in [1.29, 1.82) is 0 Å². The number of anilines is 1. The van der Waals surface area contributed by atoms with E-state index < -0.39 is 0 Å². The first-order chi connectivity index (χ1) is 9.48. The Labute approximate surface area is 120 Å². The second-order valence-corrected chi connectivity index (χ2v) is 6.59. The van der Waals surface area contributed by atoms with Gasteiger partial charge >= 0.3 is 6.03 Å². The fourth-order valence-corrected chi connectivity index (χ4v) is 3.59. The minimum absolute atomic E-state index is 0.0215. The van der Waals surface area contributed by atoms with Crippen molar-refractivity contribution in [3.63, 3.8) is 0 Å². The molecule has 2 aliphatic rings. The van der Waals surface area contributed by atoms with Crippen LogP contribution in [0.2, 0.25) is 0 Å². The molecule has 2 saturated heterocycles. The van der Waals surface area contributed by atoms with E-state index in [-0.39, 0.29) is 11.6 Å². The van der Waals surface area contributed by atoms with Crippen molar-refractivity contribution in [3.05, 3.63) is 29.8 Å². The summed E-state index contributed by atoms with van der Waals surface area (Å²) in [6.07, 6.45) is 0. The number of hydrogen-bond donors (Lipinski definition) is 2. The zero-order chi connectivity index (χ0) is 14.3. The molecule has 2 unspecified atom stereocenters. The number of carbonyl (C=O) groups is 1. The SMILES string of the molecule is Cc1ccc(NC(=O)N2CC3CNCC3C2(C)C)cc1. The summed E-state index contributed by atoms with van der Waals surface area (Å²) < 4.78 is 0. The van der Waals surface area contributed by atoms with Crippen molar-refractivity contribution in [2.45, 2.75) is 26.3 Å². The number of likely N-dealkylation sites (tertiary alicyclic amines) is 1. The van der Waals surface area contributed by atoms with Gasteiger partial charge in [0.2, 0.25) is 0 Å². The minimum atomic E-state index is -0.0804. The van der Waals surface area contributed by atoms with E-state index in [1.807, 2.05) is 36.1 Å². The number of aryl methyl sites for hydroxylation is 1. The van der Waals surface area contributed by atoms with Crippen LogP contribution in [0.25, 0.3) is 0 Å². The molecule has 2 amide bonds. The van der Waals surface area contributed by atoms with Gasteiger partial charge in [0, 0.05) is 30.9 Å². The van der Waals surface area contributed by atoms with Crippen LogP contribution in [0.3, 0.4) is 0 Å². The maximum atomic E-state index is 12.5. The lowest BCUT2D eigenvalue weighted by Crippen LogP contribution is -2.49. The first-order valence-electron chi connectivity index (χ1n) is 7.34. The fraction of sp³-hybridized carbons (Fsp3) is 0.562. The number of carbonyl (C=O) groups excluding carboxylic acids is 1. The quantitative estimate of drug-likeness (QED) is 0.825. The molecule has 2 N–H and O–H groups in total. The van der Waals surface area contributed by atoms with Crippen LogP contribution >= 0.6 is 0 Å². The molecule has 1 aromatic rings. The molecule has 0 saturated carbocycles. The molecule has 108 valence electrons. The Hall–Kier alpha value is -1.55. The zero-order valence-electron chi connectivity index (χ0n) is 12.4. The van der Waals surface area contributed by atoms with Gasteiger partial charge in [0.15, 0.2) is 0 Å². The van der Waals surface area contributed by atoms with Crippen molar-refractivity contribution in [1.82, 2.24) is 10.2 Å². The molecule has 0 aliphatic carbocycles. The van der Waals surface area contributed by atoms with E-state index in [9.17, 15) is 4.79 Å². The lowest BCUT2D eigenvalue weighted by molar-refractivity contribution is 0.157. The van der Waals surface area contributed by atoms with Crippen molar-refractivity contribution in [3.8, 4) is 0 Å². The standard InChI is InChI=1S/C16H23N3O/c1-11-4-6-13(7-5-11)18-15(20)19-10-12-8-17-9-14(12)16(19,2)3/h4-7,12,14,17H,8-10H2,1-3H3,(H,18,20). The fourth-order valence-electron chi connectivity index (χ4n) is 3.59. The van der Waals surface area contributed by atoms with Gasteiger partial charge in [0.05, 0.1) is 0 Å². The summed E-state index contributed by atoms with van der Waals surface area (Å²) in [5.74, 6) is 1.15. The van der Waals surface area contributed by atoms with Crippen LogP contribution in [0.4, 0.5) is 10.5 Å². The molecule has 2 atom stereocenters. The molecule has 2 fully saturated rings. The average Bonchev–Trinajstić information content (AvgIpc) is 2.95. The van der Waals surface area contributed by atoms with E-state index in [2.05, 4.69) is 24.5 Å². The van der Waals surface area contributed by atoms with Crippen molar-refractivity contribution in [2.75, 3.05) is 25.0 Å². The highest BCUT2D eigenvalue weighted by atomic mass is 16.2. The lowest BCUT2D eigenvalue weighted by Gasteiger charge is -2.35. The van der Waals surface area contributed by atoms with Gasteiger partial charge in [-0.1, -0.05) is 17.7 Å². The summed E-state index contributed by atoms with van der Waals surface area (Å²) in [6.45, 7) is 9.30. The van der Waals surface area contributed by atoms with Crippen LogP contribution in [-0.4, -0.2) is 36.1 Å². The Morgan fingerprint density at radius 2 is 2.00 bits per heavy atom. The highest BCUT2D eigenvalue weighted by Gasteiger charge is 2.51. The Morgan fingerprint density at radius 1 is 1.30 bits per heavy atom. The first-order valence-corrected chi connectivity index (χ1v) is 7.34. The number of hydrogen-bond acceptors (Lipinski definition) is 2. The predicted molar refractivity (Wildman–Crippen MR) is 80.8 cm³/mol. The van der Waals surface area contributed by atoms with Gasteiger partial charge in [-0.25, -0.2) is 4.79 Å². The predicted octanol–water partition coefficient (Wildman–Crippen LogP) is 2.46. The molecule has 0 bridgehead atoms. The molecule has 1 aromatic carbocycles. The molecular weight excluding hydrogens is 250 g/mol. The number of urea groups is 1. The molecule has 0 radical (unpaired) electrons. The highest BCUT2D eigenvalue weighted by molar-refractivity contribution is 5.90. The van der Waals surface area contributed by atoms with Crippen LogP contribution < -0.4 is 10.6 Å². The van der Waals surface area contributed by atoms with Crippen molar-refractivity contribution < 1.29 is 4.79 Å². The molecule has 2 aliphatic heterocycles. The number of fused-ring (bicyclic) bond motifs is 1. The summed E-state index contributed by atoms with van der Waals surface area (Å²) in [6, 6.07) is 7.97. The van der Waals surface area contributed by atoms with Crippen molar-refractivity contribution in [2.24, 2.45) is 11.8 Å². The molecule has 0 aromatic heterocycles. The number of benzene rings is 1. The summed E-state index contributed by atoms with van der Waals surface area (Å²) in [5.41, 5.74) is 1.99. The topological polar surface area (TPSA) is 44.4 Å². The Balaban J connectivity index is 1.73. The van der Waals surface area contributed by atoms with Gasteiger partial charge in [0.25, 0.3) is 0 Å². The third-order valence-corrected chi connectivity index (χ3v) is 4.91. The Kier molecular flexibility index (Phi) is 3.21. The van der Waals surface area contributed by atoms with Gasteiger partial charge in [0.1, 0.15) is 0 Å². The van der Waals surface area contributed by atoms with Gasteiger partial charge in [-0.05, 0) is 44.7 Å². The van der Waals surface area contributed by atoms with Crippen LogP contribution in [0, 0.1) is 18.8 Å². The van der Waals surface area contributed by atoms with Gasteiger partial charge in [-0.3, -0.25) is 0 Å². The number of rotatable bonds is 1. The highest BCUT2D eigenvalue weighted by Crippen LogP contribution is 2.40. The Bertz CT molecular complexity index is 509. The molecule has 4 heteroatoms. The van der Waals surface area contributed by atoms with Crippen LogP contribution in [0.1, 0.15) is 19.4 Å². The lowest BCUT2D eigenvalue weighted by atomic mass is 9.85. The summed E-state index contributed by atoms with van der Waals surface area (Å²) >= 11 is 0. The minimum Gasteiger partial charge on any atom is -0.319 e. The average molecular weight is 273 g/mol. The first kappa shape index (κ1) is 13.4. The smallest absolute Gasteiger partial charge is 0.319 e. The molecule has 0 spiro atoms. The maximum Gasteiger partial charge on any atom is 0.322 e. The third kappa shape index (κ3) is 2.18. The van der Waals surface area contributed by atoms with E-state index in [1.54, 1.807) is 0 Å². The number of amides is 2. The second kappa shape index (κ2) is 4.77. The molecule has 2 heterocycles. The summed E-state index contributed by atoms with van der Waals surface area (Å²) in [4.78, 5) is 14.5. The van der Waals surface area contributed by atoms with Gasteiger partial charge in [-0.2, -0.15) is 0 Å². The second-order valence-electron chi connectivity index (χ2n) is 6.59. The molecule has 20 heavy (non-hydrogen) atoms. The van der Waals surface area contributed by atoms with E-state index in [4.69, 9.17) is 0 Å². The largest absolute Gasteiger partial charge is 0.322 e. The van der Waals surface area contributed by atoms with E-state index >= 15 is 0 Å². The molecular formula is C16H23N3O. The number of nitrogens with zero attached hydrogens (tertiary/aromatic N) is 1. The van der Waals surface area contributed by atoms with Gasteiger partial charge in [-0.15, -0.1) is 0 Å².